The van der Waals surface area contributed by atoms with E-state index in [9.17, 15) is 4.79 Å². The predicted molar refractivity (Wildman–Crippen MR) is 121 cm³/mol. The molecule has 0 saturated carbocycles. The van der Waals surface area contributed by atoms with Crippen LogP contribution in [0.15, 0.2) is 53.4 Å². The monoisotopic (exact) mass is 429 g/mol. The van der Waals surface area contributed by atoms with Gasteiger partial charge in [-0.3, -0.25) is 9.69 Å². The van der Waals surface area contributed by atoms with Crippen molar-refractivity contribution in [1.82, 2.24) is 4.90 Å². The third-order valence-corrected chi connectivity index (χ3v) is 5.65. The number of ether oxygens (including phenoxy) is 3. The first-order valence-electron chi connectivity index (χ1n) is 9.37. The maximum Gasteiger partial charge on any atom is 0.266 e. The topological polar surface area (TPSA) is 48.0 Å². The van der Waals surface area contributed by atoms with Gasteiger partial charge >= 0.3 is 0 Å². The van der Waals surface area contributed by atoms with Gasteiger partial charge in [0.15, 0.2) is 11.5 Å². The summed E-state index contributed by atoms with van der Waals surface area (Å²) in [6.07, 6.45) is 2.56. The number of carbonyl (C=O) groups excluding carboxylic acids is 1. The van der Waals surface area contributed by atoms with E-state index in [-0.39, 0.29) is 5.91 Å². The molecule has 29 heavy (non-hydrogen) atoms. The summed E-state index contributed by atoms with van der Waals surface area (Å²) in [5.41, 5.74) is 0.856. The standard InChI is InChI=1S/C22H23NO4S2/c1-3-23-21(24)20(29-22(23)28)15-16-9-4-5-10-17(16)26-13-8-14-27-19-12-7-6-11-18(19)25-2/h4-7,9-12,15H,3,8,13-14H2,1-2H3. The summed E-state index contributed by atoms with van der Waals surface area (Å²) in [5.74, 6) is 2.10. The second kappa shape index (κ2) is 10.3. The summed E-state index contributed by atoms with van der Waals surface area (Å²) in [5, 5.41) is 0. The fraction of sp³-hybridized carbons (Fsp3) is 0.273. The lowest BCUT2D eigenvalue weighted by Crippen LogP contribution is -2.27. The van der Waals surface area contributed by atoms with Crippen molar-refractivity contribution < 1.29 is 19.0 Å². The first kappa shape index (κ1) is 21.2. The van der Waals surface area contributed by atoms with Crippen LogP contribution in [0.3, 0.4) is 0 Å². The Bertz CT molecular complexity index is 913. The van der Waals surface area contributed by atoms with Crippen LogP contribution < -0.4 is 14.2 Å². The largest absolute Gasteiger partial charge is 0.493 e. The molecule has 152 valence electrons. The Hall–Kier alpha value is -2.51. The summed E-state index contributed by atoms with van der Waals surface area (Å²) >= 11 is 6.60. The van der Waals surface area contributed by atoms with Crippen molar-refractivity contribution in [2.24, 2.45) is 0 Å². The third-order valence-electron chi connectivity index (χ3n) is 4.27. The van der Waals surface area contributed by atoms with Gasteiger partial charge in [0.25, 0.3) is 5.91 Å². The van der Waals surface area contributed by atoms with E-state index in [0.717, 1.165) is 11.3 Å². The second-order valence-corrected chi connectivity index (χ2v) is 7.84. The van der Waals surface area contributed by atoms with Gasteiger partial charge in [-0.1, -0.05) is 54.3 Å². The molecule has 2 aromatic carbocycles. The molecule has 0 N–H and O–H groups in total. The minimum atomic E-state index is -0.0532. The zero-order chi connectivity index (χ0) is 20.6. The SMILES string of the molecule is CCN1C(=O)C(=Cc2ccccc2OCCCOc2ccccc2OC)SC1=S. The fourth-order valence-electron chi connectivity index (χ4n) is 2.81. The van der Waals surface area contributed by atoms with E-state index in [0.29, 0.717) is 46.9 Å². The van der Waals surface area contributed by atoms with Crippen molar-refractivity contribution >= 4 is 40.3 Å². The lowest BCUT2D eigenvalue weighted by atomic mass is 10.2. The molecular formula is C22H23NO4S2. The van der Waals surface area contributed by atoms with E-state index in [1.165, 1.54) is 11.8 Å². The molecule has 0 unspecified atom stereocenters. The molecule has 2 aromatic rings. The molecule has 0 atom stereocenters. The van der Waals surface area contributed by atoms with Gasteiger partial charge in [-0.25, -0.2) is 0 Å². The Morgan fingerprint density at radius 3 is 2.28 bits per heavy atom. The number of methoxy groups -OCH3 is 1. The lowest BCUT2D eigenvalue weighted by molar-refractivity contribution is -0.121. The molecule has 1 heterocycles. The van der Waals surface area contributed by atoms with Crippen LogP contribution in [-0.4, -0.2) is 42.0 Å². The highest BCUT2D eigenvalue weighted by atomic mass is 32.2. The van der Waals surface area contributed by atoms with Crippen LogP contribution in [-0.2, 0) is 4.79 Å². The molecule has 0 aromatic heterocycles. The molecule has 0 aliphatic carbocycles. The highest BCUT2D eigenvalue weighted by Crippen LogP contribution is 2.34. The maximum atomic E-state index is 12.4. The van der Waals surface area contributed by atoms with E-state index in [1.807, 2.05) is 61.5 Å². The Labute approximate surface area is 180 Å². The number of likely N-dealkylation sites (N-methyl/N-ethyl adjacent to an activating group) is 1. The van der Waals surface area contributed by atoms with Gasteiger partial charge in [0.2, 0.25) is 0 Å². The summed E-state index contributed by atoms with van der Waals surface area (Å²) in [7, 11) is 1.62. The molecule has 1 aliphatic rings. The molecule has 3 rings (SSSR count). The van der Waals surface area contributed by atoms with Crippen LogP contribution in [0.2, 0.25) is 0 Å². The van der Waals surface area contributed by atoms with Gasteiger partial charge in [-0.15, -0.1) is 0 Å². The van der Waals surface area contributed by atoms with Crippen LogP contribution in [0.1, 0.15) is 18.9 Å². The van der Waals surface area contributed by atoms with Crippen LogP contribution in [0.5, 0.6) is 17.2 Å². The van der Waals surface area contributed by atoms with Crippen molar-refractivity contribution in [3.63, 3.8) is 0 Å². The highest BCUT2D eigenvalue weighted by Gasteiger charge is 2.30. The van der Waals surface area contributed by atoms with E-state index < -0.39 is 0 Å². The number of para-hydroxylation sites is 3. The van der Waals surface area contributed by atoms with Gasteiger partial charge in [-0.05, 0) is 31.2 Å². The first-order chi connectivity index (χ1) is 14.1. The minimum absolute atomic E-state index is 0.0532. The molecular weight excluding hydrogens is 406 g/mol. The normalized spacial score (nSPS) is 15.1. The minimum Gasteiger partial charge on any atom is -0.493 e. The van der Waals surface area contributed by atoms with Crippen molar-refractivity contribution in [3.05, 3.63) is 59.0 Å². The molecule has 0 spiro atoms. The molecule has 1 amide bonds. The molecule has 7 heteroatoms. The maximum absolute atomic E-state index is 12.4. The Morgan fingerprint density at radius 1 is 1.00 bits per heavy atom. The summed E-state index contributed by atoms with van der Waals surface area (Å²) in [6.45, 7) is 3.50. The van der Waals surface area contributed by atoms with Gasteiger partial charge in [-0.2, -0.15) is 0 Å². The quantitative estimate of drug-likeness (QED) is 0.325. The average molecular weight is 430 g/mol. The van der Waals surface area contributed by atoms with E-state index in [4.69, 9.17) is 26.4 Å². The molecule has 0 bridgehead atoms. The number of carbonyl (C=O) groups is 1. The highest BCUT2D eigenvalue weighted by molar-refractivity contribution is 8.26. The number of rotatable bonds is 9. The summed E-state index contributed by atoms with van der Waals surface area (Å²) in [6, 6.07) is 15.2. The second-order valence-electron chi connectivity index (χ2n) is 6.17. The van der Waals surface area contributed by atoms with E-state index >= 15 is 0 Å². The van der Waals surface area contributed by atoms with Crippen molar-refractivity contribution in [2.75, 3.05) is 26.9 Å². The van der Waals surface area contributed by atoms with Gasteiger partial charge < -0.3 is 14.2 Å². The fourth-order valence-corrected chi connectivity index (χ4v) is 4.18. The number of thiocarbonyl (C=S) groups is 1. The Morgan fingerprint density at radius 2 is 1.62 bits per heavy atom. The Kier molecular flexibility index (Phi) is 7.55. The van der Waals surface area contributed by atoms with Crippen molar-refractivity contribution in [3.8, 4) is 17.2 Å². The number of thioether (sulfide) groups is 1. The molecule has 1 saturated heterocycles. The number of benzene rings is 2. The number of amides is 1. The predicted octanol–water partition coefficient (Wildman–Crippen LogP) is 4.76. The van der Waals surface area contributed by atoms with Crippen molar-refractivity contribution in [1.29, 1.82) is 0 Å². The number of hydrogen-bond acceptors (Lipinski definition) is 6. The molecule has 1 aliphatic heterocycles. The van der Waals surface area contributed by atoms with E-state index in [2.05, 4.69) is 0 Å². The summed E-state index contributed by atoms with van der Waals surface area (Å²) in [4.78, 5) is 14.7. The first-order valence-corrected chi connectivity index (χ1v) is 10.6. The molecule has 0 radical (unpaired) electrons. The van der Waals surface area contributed by atoms with Crippen molar-refractivity contribution in [2.45, 2.75) is 13.3 Å². The average Bonchev–Trinajstić information content (AvgIpc) is 3.01. The number of nitrogens with zero attached hydrogens (tertiary/aromatic N) is 1. The van der Waals surface area contributed by atoms with Gasteiger partial charge in [0, 0.05) is 18.5 Å². The number of hydrogen-bond donors (Lipinski definition) is 0. The summed E-state index contributed by atoms with van der Waals surface area (Å²) < 4.78 is 17.6. The zero-order valence-electron chi connectivity index (χ0n) is 16.4. The third kappa shape index (κ3) is 5.31. The van der Waals surface area contributed by atoms with E-state index in [1.54, 1.807) is 12.0 Å². The van der Waals surface area contributed by atoms with Crippen LogP contribution >= 0.6 is 24.0 Å². The van der Waals surface area contributed by atoms with Gasteiger partial charge in [0.1, 0.15) is 10.1 Å². The molecule has 1 fully saturated rings. The zero-order valence-corrected chi connectivity index (χ0v) is 18.1. The van der Waals surface area contributed by atoms with Crippen LogP contribution in [0, 0.1) is 0 Å². The Balaban J connectivity index is 1.57. The van der Waals surface area contributed by atoms with Gasteiger partial charge in [0.05, 0.1) is 25.2 Å². The van der Waals surface area contributed by atoms with Crippen LogP contribution in [0.4, 0.5) is 0 Å². The smallest absolute Gasteiger partial charge is 0.266 e. The lowest BCUT2D eigenvalue weighted by Gasteiger charge is -2.12. The van der Waals surface area contributed by atoms with Crippen LogP contribution in [0.25, 0.3) is 6.08 Å². The molecule has 5 nitrogen and oxygen atoms in total.